The van der Waals surface area contributed by atoms with Crippen LogP contribution in [0.5, 0.6) is 0 Å². The molecule has 1 amide bonds. The van der Waals surface area contributed by atoms with Gasteiger partial charge in [-0.2, -0.15) is 0 Å². The second-order valence-electron chi connectivity index (χ2n) is 6.54. The van der Waals surface area contributed by atoms with E-state index in [-0.39, 0.29) is 5.91 Å². The fourth-order valence-corrected chi connectivity index (χ4v) is 4.33. The molecule has 4 rings (SSSR count). The van der Waals surface area contributed by atoms with Crippen LogP contribution in [0, 0.1) is 0 Å². The van der Waals surface area contributed by atoms with Crippen LogP contribution < -0.4 is 0 Å². The van der Waals surface area contributed by atoms with Gasteiger partial charge in [-0.05, 0) is 37.3 Å². The molecule has 0 unspecified atom stereocenters. The molecule has 0 radical (unpaired) electrons. The zero-order valence-corrected chi connectivity index (χ0v) is 17.2. The number of halogens is 1. The highest BCUT2D eigenvalue weighted by Gasteiger charge is 2.21. The fourth-order valence-electron chi connectivity index (χ4n) is 3.10. The maximum absolute atomic E-state index is 12.6. The molecule has 1 aliphatic heterocycles. The molecule has 5 heteroatoms. The van der Waals surface area contributed by atoms with Crippen LogP contribution in [0.1, 0.15) is 28.4 Å². The molecule has 0 spiro atoms. The lowest BCUT2D eigenvalue weighted by atomic mass is 10.0. The molecule has 3 aromatic rings. The smallest absolute Gasteiger partial charge is 0.253 e. The van der Waals surface area contributed by atoms with E-state index in [0.717, 1.165) is 32.3 Å². The van der Waals surface area contributed by atoms with Gasteiger partial charge in [-0.3, -0.25) is 4.79 Å². The summed E-state index contributed by atoms with van der Waals surface area (Å²) in [5, 5.41) is 0.655. The van der Waals surface area contributed by atoms with Crippen LogP contribution in [0.3, 0.4) is 0 Å². The van der Waals surface area contributed by atoms with Gasteiger partial charge in [0.25, 0.3) is 5.91 Å². The number of aliphatic imine (C=N–C) groups is 1. The normalized spacial score (nSPS) is 12.5. The fraction of sp³-hybridized carbons (Fsp3) is 0.130. The van der Waals surface area contributed by atoms with E-state index >= 15 is 0 Å². The van der Waals surface area contributed by atoms with Crippen LogP contribution in [-0.4, -0.2) is 30.1 Å². The lowest BCUT2D eigenvalue weighted by Gasteiger charge is -2.15. The Morgan fingerprint density at radius 1 is 1.00 bits per heavy atom. The molecular formula is C23H19ClN2OS. The first kappa shape index (κ1) is 18.8. The Hall–Kier alpha value is -2.56. The van der Waals surface area contributed by atoms with Crippen molar-refractivity contribution in [1.29, 1.82) is 0 Å². The summed E-state index contributed by atoms with van der Waals surface area (Å²) in [5.74, 6) is -0.00782. The van der Waals surface area contributed by atoms with Crippen LogP contribution in [0.15, 0.2) is 81.5 Å². The topological polar surface area (TPSA) is 32.7 Å². The van der Waals surface area contributed by atoms with Gasteiger partial charge in [0, 0.05) is 45.1 Å². The molecular weight excluding hydrogens is 388 g/mol. The molecule has 0 aromatic heterocycles. The summed E-state index contributed by atoms with van der Waals surface area (Å²) >= 11 is 8.16. The molecule has 0 fully saturated rings. The average Bonchev–Trinajstić information content (AvgIpc) is 2.89. The molecule has 3 aromatic carbocycles. The van der Waals surface area contributed by atoms with Gasteiger partial charge in [-0.25, -0.2) is 4.99 Å². The summed E-state index contributed by atoms with van der Waals surface area (Å²) in [6.45, 7) is 2.62. The minimum absolute atomic E-state index is 0.00782. The van der Waals surface area contributed by atoms with Gasteiger partial charge in [0.05, 0.1) is 11.4 Å². The van der Waals surface area contributed by atoms with Crippen molar-refractivity contribution in [3.8, 4) is 0 Å². The zero-order valence-electron chi connectivity index (χ0n) is 15.6. The number of amides is 1. The zero-order chi connectivity index (χ0) is 19.7. The van der Waals surface area contributed by atoms with Gasteiger partial charge in [-0.15, -0.1) is 0 Å². The monoisotopic (exact) mass is 406 g/mol. The number of rotatable bonds is 3. The number of carbonyl (C=O) groups is 1. The van der Waals surface area contributed by atoms with E-state index in [1.807, 2.05) is 61.5 Å². The predicted octanol–water partition coefficient (Wildman–Crippen LogP) is 6.07. The van der Waals surface area contributed by atoms with Gasteiger partial charge in [0.1, 0.15) is 0 Å². The largest absolute Gasteiger partial charge is 0.342 e. The van der Waals surface area contributed by atoms with Gasteiger partial charge in [-0.1, -0.05) is 59.8 Å². The SMILES string of the molecule is CCN(C)C(=O)c1ccc2c(c1)N=C(c1ccccc1Cl)c1ccccc1S2. The van der Waals surface area contributed by atoms with Crippen LogP contribution in [0.25, 0.3) is 0 Å². The number of hydrogen-bond acceptors (Lipinski definition) is 3. The molecule has 0 saturated carbocycles. The standard InChI is InChI=1S/C23H19ClN2OS/c1-3-26(2)23(27)15-12-13-21-19(14-15)25-22(16-8-4-6-10-18(16)24)17-9-5-7-11-20(17)28-21/h4-14H,3H2,1-2H3. The Morgan fingerprint density at radius 3 is 2.46 bits per heavy atom. The van der Waals surface area contributed by atoms with Crippen molar-refractivity contribution in [1.82, 2.24) is 4.90 Å². The number of fused-ring (bicyclic) bond motifs is 2. The molecule has 0 bridgehead atoms. The predicted molar refractivity (Wildman–Crippen MR) is 116 cm³/mol. The minimum Gasteiger partial charge on any atom is -0.342 e. The van der Waals surface area contributed by atoms with E-state index in [4.69, 9.17) is 16.6 Å². The van der Waals surface area contributed by atoms with Gasteiger partial charge in [0.2, 0.25) is 0 Å². The lowest BCUT2D eigenvalue weighted by Crippen LogP contribution is -2.26. The van der Waals surface area contributed by atoms with E-state index in [1.54, 1.807) is 23.7 Å². The van der Waals surface area contributed by atoms with Crippen molar-refractivity contribution in [2.24, 2.45) is 4.99 Å². The van der Waals surface area contributed by atoms with Crippen molar-refractivity contribution in [3.63, 3.8) is 0 Å². The van der Waals surface area contributed by atoms with Crippen LogP contribution in [-0.2, 0) is 0 Å². The molecule has 3 nitrogen and oxygen atoms in total. The number of benzene rings is 3. The third-order valence-corrected chi connectivity index (χ3v) is 6.22. The quantitative estimate of drug-likeness (QED) is 0.414. The summed E-state index contributed by atoms with van der Waals surface area (Å²) in [7, 11) is 1.80. The highest BCUT2D eigenvalue weighted by molar-refractivity contribution is 7.99. The Labute approximate surface area is 174 Å². The highest BCUT2D eigenvalue weighted by atomic mass is 35.5. The van der Waals surface area contributed by atoms with Gasteiger partial charge < -0.3 is 4.90 Å². The van der Waals surface area contributed by atoms with Gasteiger partial charge >= 0.3 is 0 Å². The van der Waals surface area contributed by atoms with Crippen LogP contribution >= 0.6 is 23.4 Å². The van der Waals surface area contributed by atoms with Crippen molar-refractivity contribution in [2.45, 2.75) is 16.7 Å². The summed E-state index contributed by atoms with van der Waals surface area (Å²) in [5.41, 5.74) is 4.16. The van der Waals surface area contributed by atoms with Gasteiger partial charge in [0.15, 0.2) is 0 Å². The first-order valence-electron chi connectivity index (χ1n) is 9.09. The summed E-state index contributed by atoms with van der Waals surface area (Å²) < 4.78 is 0. The maximum atomic E-state index is 12.6. The summed E-state index contributed by atoms with van der Waals surface area (Å²) in [6, 6.07) is 21.6. The van der Waals surface area contributed by atoms with E-state index < -0.39 is 0 Å². The van der Waals surface area contributed by atoms with E-state index in [0.29, 0.717) is 17.1 Å². The lowest BCUT2D eigenvalue weighted by molar-refractivity contribution is 0.0802. The van der Waals surface area contributed by atoms with Crippen molar-refractivity contribution < 1.29 is 4.79 Å². The highest BCUT2D eigenvalue weighted by Crippen LogP contribution is 2.42. The number of nitrogens with zero attached hydrogens (tertiary/aromatic N) is 2. The minimum atomic E-state index is -0.00782. The molecule has 0 atom stereocenters. The maximum Gasteiger partial charge on any atom is 0.253 e. The van der Waals surface area contributed by atoms with Crippen LogP contribution in [0.2, 0.25) is 5.02 Å². The van der Waals surface area contributed by atoms with E-state index in [9.17, 15) is 4.79 Å². The molecule has 0 aliphatic carbocycles. The van der Waals surface area contributed by atoms with E-state index in [1.165, 1.54) is 0 Å². The Balaban J connectivity index is 1.92. The first-order valence-corrected chi connectivity index (χ1v) is 10.3. The average molecular weight is 407 g/mol. The van der Waals surface area contributed by atoms with E-state index in [2.05, 4.69) is 12.1 Å². The molecule has 0 saturated heterocycles. The second kappa shape index (κ2) is 7.82. The molecule has 1 aliphatic rings. The molecule has 28 heavy (non-hydrogen) atoms. The van der Waals surface area contributed by atoms with Crippen molar-refractivity contribution in [3.05, 3.63) is 88.4 Å². The molecule has 0 N–H and O–H groups in total. The third kappa shape index (κ3) is 3.46. The Bertz CT molecular complexity index is 1090. The van der Waals surface area contributed by atoms with Crippen molar-refractivity contribution >= 4 is 40.7 Å². The molecule has 1 heterocycles. The first-order chi connectivity index (χ1) is 13.6. The summed E-state index contributed by atoms with van der Waals surface area (Å²) in [6.07, 6.45) is 0. The second-order valence-corrected chi connectivity index (χ2v) is 8.03. The van der Waals surface area contributed by atoms with Crippen LogP contribution in [0.4, 0.5) is 5.69 Å². The number of carbonyl (C=O) groups excluding carboxylic acids is 1. The molecule has 140 valence electrons. The number of hydrogen-bond donors (Lipinski definition) is 0. The Kier molecular flexibility index (Phi) is 5.25. The third-order valence-electron chi connectivity index (χ3n) is 4.75. The van der Waals surface area contributed by atoms with Crippen molar-refractivity contribution in [2.75, 3.05) is 13.6 Å². The summed E-state index contributed by atoms with van der Waals surface area (Å²) in [4.78, 5) is 21.4. The Morgan fingerprint density at radius 2 is 1.71 bits per heavy atom.